The quantitative estimate of drug-likeness (QED) is 0.724. The van der Waals surface area contributed by atoms with Crippen molar-refractivity contribution in [2.45, 2.75) is 0 Å². The van der Waals surface area contributed by atoms with Crippen molar-refractivity contribution in [3.05, 3.63) is 12.3 Å². The van der Waals surface area contributed by atoms with Crippen LogP contribution in [0, 0.1) is 0 Å². The van der Waals surface area contributed by atoms with E-state index in [-0.39, 0.29) is 5.75 Å². The van der Waals surface area contributed by atoms with Crippen molar-refractivity contribution in [3.63, 3.8) is 0 Å². The lowest BCUT2D eigenvalue weighted by molar-refractivity contribution is 0.254. The van der Waals surface area contributed by atoms with Gasteiger partial charge in [-0.25, -0.2) is 8.42 Å². The molecule has 0 atom stereocenters. The van der Waals surface area contributed by atoms with Crippen molar-refractivity contribution in [1.82, 2.24) is 20.0 Å². The van der Waals surface area contributed by atoms with E-state index in [1.165, 1.54) is 4.68 Å². The van der Waals surface area contributed by atoms with Gasteiger partial charge in [-0.15, -0.1) is 0 Å². The van der Waals surface area contributed by atoms with Gasteiger partial charge in [0.05, 0.1) is 11.9 Å². The zero-order chi connectivity index (χ0) is 13.0. The Morgan fingerprint density at radius 1 is 1.44 bits per heavy atom. The molecule has 1 fully saturated rings. The topological polar surface area (TPSA) is 79.3 Å². The number of anilines is 1. The molecule has 0 saturated carbocycles. The van der Waals surface area contributed by atoms with E-state index >= 15 is 0 Å². The Balaban J connectivity index is 1.85. The Bertz CT molecular complexity index is 478. The maximum Gasteiger partial charge on any atom is 0.235 e. The smallest absolute Gasteiger partial charge is 0.235 e. The van der Waals surface area contributed by atoms with E-state index in [4.69, 9.17) is 0 Å². The second-order valence-corrected chi connectivity index (χ2v) is 6.19. The maximum absolute atomic E-state index is 11.9. The summed E-state index contributed by atoms with van der Waals surface area (Å²) in [7, 11) is -1.60. The molecule has 0 bridgehead atoms. The molecule has 1 saturated heterocycles. The number of aromatic nitrogens is 2. The second-order valence-electron chi connectivity index (χ2n) is 4.35. The summed E-state index contributed by atoms with van der Waals surface area (Å²) < 4.78 is 27.8. The SMILES string of the molecule is Cn1nccc1NS(=O)(=O)CCN1CCNCC1. The molecule has 18 heavy (non-hydrogen) atoms. The van der Waals surface area contributed by atoms with Gasteiger partial charge in [-0.05, 0) is 0 Å². The molecule has 0 aliphatic carbocycles. The molecule has 0 radical (unpaired) electrons. The minimum atomic E-state index is -3.30. The van der Waals surface area contributed by atoms with Crippen LogP contribution in [-0.2, 0) is 17.1 Å². The maximum atomic E-state index is 11.9. The van der Waals surface area contributed by atoms with Crippen LogP contribution in [0.5, 0.6) is 0 Å². The molecule has 0 aromatic carbocycles. The van der Waals surface area contributed by atoms with Crippen molar-refractivity contribution in [2.75, 3.05) is 43.2 Å². The van der Waals surface area contributed by atoms with Gasteiger partial charge in [0.25, 0.3) is 0 Å². The molecular weight excluding hydrogens is 254 g/mol. The highest BCUT2D eigenvalue weighted by molar-refractivity contribution is 7.92. The third-order valence-electron chi connectivity index (χ3n) is 2.97. The van der Waals surface area contributed by atoms with Crippen LogP contribution in [-0.4, -0.2) is 61.6 Å². The Morgan fingerprint density at radius 2 is 2.17 bits per heavy atom. The molecule has 8 heteroatoms. The first-order valence-corrected chi connectivity index (χ1v) is 7.64. The summed E-state index contributed by atoms with van der Waals surface area (Å²) in [6, 6.07) is 1.64. The molecule has 2 rings (SSSR count). The van der Waals surface area contributed by atoms with Gasteiger partial charge < -0.3 is 5.32 Å². The van der Waals surface area contributed by atoms with E-state index in [2.05, 4.69) is 20.0 Å². The molecule has 102 valence electrons. The van der Waals surface area contributed by atoms with Crippen molar-refractivity contribution < 1.29 is 8.42 Å². The zero-order valence-corrected chi connectivity index (χ0v) is 11.3. The van der Waals surface area contributed by atoms with E-state index in [0.717, 1.165) is 26.2 Å². The molecule has 1 aromatic rings. The molecule has 2 heterocycles. The number of aryl methyl sites for hydroxylation is 1. The van der Waals surface area contributed by atoms with Crippen LogP contribution >= 0.6 is 0 Å². The summed E-state index contributed by atoms with van der Waals surface area (Å²) in [5.74, 6) is 0.605. The first-order chi connectivity index (χ1) is 8.57. The normalized spacial score (nSPS) is 17.8. The Hall–Kier alpha value is -1.12. The molecule has 1 aliphatic heterocycles. The summed E-state index contributed by atoms with van der Waals surface area (Å²) in [5.41, 5.74) is 0. The molecule has 1 aliphatic rings. The number of piperazine rings is 1. The van der Waals surface area contributed by atoms with Crippen LogP contribution in [0.2, 0.25) is 0 Å². The number of rotatable bonds is 5. The Labute approximate surface area is 107 Å². The standard InChI is InChI=1S/C10H19N5O2S/c1-14-10(2-3-12-14)13-18(16,17)9-8-15-6-4-11-5-7-15/h2-3,11,13H,4-9H2,1H3. The predicted octanol–water partition coefficient (Wildman–Crippen LogP) is -0.933. The van der Waals surface area contributed by atoms with E-state index in [0.29, 0.717) is 12.4 Å². The fraction of sp³-hybridized carbons (Fsp3) is 0.700. The van der Waals surface area contributed by atoms with E-state index < -0.39 is 10.0 Å². The second kappa shape index (κ2) is 5.68. The first-order valence-electron chi connectivity index (χ1n) is 5.98. The van der Waals surface area contributed by atoms with E-state index in [9.17, 15) is 8.42 Å². The van der Waals surface area contributed by atoms with Crippen molar-refractivity contribution in [2.24, 2.45) is 7.05 Å². The van der Waals surface area contributed by atoms with Gasteiger partial charge >= 0.3 is 0 Å². The van der Waals surface area contributed by atoms with Crippen molar-refractivity contribution in [1.29, 1.82) is 0 Å². The zero-order valence-electron chi connectivity index (χ0n) is 10.5. The summed E-state index contributed by atoms with van der Waals surface area (Å²) in [6.45, 7) is 4.22. The molecule has 0 spiro atoms. The number of nitrogens with zero attached hydrogens (tertiary/aromatic N) is 3. The summed E-state index contributed by atoms with van der Waals surface area (Å²) >= 11 is 0. The van der Waals surface area contributed by atoms with Crippen LogP contribution < -0.4 is 10.0 Å². The lowest BCUT2D eigenvalue weighted by Crippen LogP contribution is -2.45. The summed E-state index contributed by atoms with van der Waals surface area (Å²) in [5, 5.41) is 7.16. The third kappa shape index (κ3) is 3.69. The third-order valence-corrected chi connectivity index (χ3v) is 4.21. The predicted molar refractivity (Wildman–Crippen MR) is 69.9 cm³/mol. The summed E-state index contributed by atoms with van der Waals surface area (Å²) in [6.07, 6.45) is 1.56. The van der Waals surface area contributed by atoms with Crippen molar-refractivity contribution >= 4 is 15.8 Å². The molecule has 1 aromatic heterocycles. The first kappa shape index (κ1) is 13.3. The van der Waals surface area contributed by atoms with Crippen LogP contribution in [0.1, 0.15) is 0 Å². The molecule has 0 unspecified atom stereocenters. The average molecular weight is 273 g/mol. The Morgan fingerprint density at radius 3 is 2.78 bits per heavy atom. The monoisotopic (exact) mass is 273 g/mol. The highest BCUT2D eigenvalue weighted by Gasteiger charge is 2.16. The minimum absolute atomic E-state index is 0.109. The minimum Gasteiger partial charge on any atom is -0.314 e. The molecule has 2 N–H and O–H groups in total. The van der Waals surface area contributed by atoms with Gasteiger partial charge in [-0.1, -0.05) is 0 Å². The highest BCUT2D eigenvalue weighted by atomic mass is 32.2. The fourth-order valence-electron chi connectivity index (χ4n) is 1.87. The van der Waals surface area contributed by atoms with Gasteiger partial charge in [-0.2, -0.15) is 5.10 Å². The molecular formula is C10H19N5O2S. The number of hydrogen-bond donors (Lipinski definition) is 2. The van der Waals surface area contributed by atoms with Crippen LogP contribution in [0.25, 0.3) is 0 Å². The van der Waals surface area contributed by atoms with Gasteiger partial charge in [0.15, 0.2) is 0 Å². The highest BCUT2D eigenvalue weighted by Crippen LogP contribution is 2.07. The van der Waals surface area contributed by atoms with Gasteiger partial charge in [0.2, 0.25) is 10.0 Å². The Kier molecular flexibility index (Phi) is 4.20. The molecule has 7 nitrogen and oxygen atoms in total. The lowest BCUT2D eigenvalue weighted by atomic mass is 10.4. The van der Waals surface area contributed by atoms with Gasteiger partial charge in [-0.3, -0.25) is 14.3 Å². The van der Waals surface area contributed by atoms with E-state index in [1.807, 2.05) is 0 Å². The van der Waals surface area contributed by atoms with Crippen molar-refractivity contribution in [3.8, 4) is 0 Å². The summed E-state index contributed by atoms with van der Waals surface area (Å²) in [4.78, 5) is 2.15. The van der Waals surface area contributed by atoms with Crippen LogP contribution in [0.4, 0.5) is 5.82 Å². The molecule has 0 amide bonds. The largest absolute Gasteiger partial charge is 0.314 e. The number of sulfonamides is 1. The average Bonchev–Trinajstić information content (AvgIpc) is 2.73. The van der Waals surface area contributed by atoms with Crippen LogP contribution in [0.15, 0.2) is 12.3 Å². The fourth-order valence-corrected chi connectivity index (χ4v) is 2.99. The number of nitrogens with one attached hydrogen (secondary N) is 2. The van der Waals surface area contributed by atoms with Gasteiger partial charge in [0.1, 0.15) is 5.82 Å². The lowest BCUT2D eigenvalue weighted by Gasteiger charge is -2.26. The van der Waals surface area contributed by atoms with E-state index in [1.54, 1.807) is 19.3 Å². The van der Waals surface area contributed by atoms with Gasteiger partial charge in [0, 0.05) is 45.8 Å². The van der Waals surface area contributed by atoms with Crippen LogP contribution in [0.3, 0.4) is 0 Å². The number of hydrogen-bond acceptors (Lipinski definition) is 5.